The lowest BCUT2D eigenvalue weighted by atomic mass is 10.3. The first kappa shape index (κ1) is 7.71. The van der Waals surface area contributed by atoms with Gasteiger partial charge in [-0.3, -0.25) is 4.99 Å². The molecule has 0 fully saturated rings. The summed E-state index contributed by atoms with van der Waals surface area (Å²) in [4.78, 5) is 3.50. The number of allylic oxidation sites excluding steroid dienone is 2. The van der Waals surface area contributed by atoms with Gasteiger partial charge in [0.2, 0.25) is 0 Å². The molecule has 0 aliphatic carbocycles. The van der Waals surface area contributed by atoms with Gasteiger partial charge in [0.25, 0.3) is 0 Å². The van der Waals surface area contributed by atoms with Crippen LogP contribution in [0.5, 0.6) is 0 Å². The molecule has 0 aromatic carbocycles. The van der Waals surface area contributed by atoms with Crippen LogP contribution in [0.2, 0.25) is 0 Å². The second-order valence-electron chi connectivity index (χ2n) is 1.40. The molecule has 0 aliphatic rings. The van der Waals surface area contributed by atoms with Crippen LogP contribution in [0.3, 0.4) is 0 Å². The van der Waals surface area contributed by atoms with Crippen molar-refractivity contribution >= 4 is 6.72 Å². The lowest BCUT2D eigenvalue weighted by molar-refractivity contribution is 1.59. The fraction of sp³-hybridized carbons (Fsp3) is 0.125. The summed E-state index contributed by atoms with van der Waals surface area (Å²) in [6.07, 6.45) is 3.27. The molecule has 1 nitrogen and oxygen atoms in total. The maximum absolute atomic E-state index is 3.63. The molecule has 46 valence electrons. The fourth-order valence-corrected chi connectivity index (χ4v) is 0.345. The molecule has 0 spiro atoms. The van der Waals surface area contributed by atoms with Crippen LogP contribution in [-0.2, 0) is 0 Å². The molecule has 0 rings (SSSR count). The topological polar surface area (TPSA) is 12.4 Å². The zero-order valence-electron chi connectivity index (χ0n) is 5.52. The van der Waals surface area contributed by atoms with Gasteiger partial charge >= 0.3 is 0 Å². The molecule has 0 atom stereocenters. The van der Waals surface area contributed by atoms with Crippen molar-refractivity contribution in [2.45, 2.75) is 6.92 Å². The Hall–Kier alpha value is -1.29. The normalized spacial score (nSPS) is 8.11. The second kappa shape index (κ2) is 4.86. The molecule has 0 saturated carbocycles. The second-order valence-corrected chi connectivity index (χ2v) is 1.40. The van der Waals surface area contributed by atoms with Gasteiger partial charge in [-0.2, -0.15) is 0 Å². The smallest absolute Gasteiger partial charge is 0.0272 e. The molecule has 0 radical (unpaired) electrons. The van der Waals surface area contributed by atoms with Crippen LogP contribution >= 0.6 is 0 Å². The zero-order chi connectivity index (χ0) is 7.11. The van der Waals surface area contributed by atoms with Gasteiger partial charge in [0, 0.05) is 11.8 Å². The summed E-state index contributed by atoms with van der Waals surface area (Å²) in [6, 6.07) is 0. The molecule has 1 heteroatoms. The Kier molecular flexibility index (Phi) is 4.16. The van der Waals surface area contributed by atoms with Crippen molar-refractivity contribution in [3.63, 3.8) is 0 Å². The molecular weight excluding hydrogens is 110 g/mol. The van der Waals surface area contributed by atoms with Crippen LogP contribution < -0.4 is 0 Å². The average Bonchev–Trinajstić information content (AvgIpc) is 1.85. The van der Waals surface area contributed by atoms with Gasteiger partial charge in [-0.25, -0.2) is 0 Å². The number of hydrogen-bond donors (Lipinski definition) is 0. The number of rotatable bonds is 2. The number of hydrogen-bond acceptors (Lipinski definition) is 1. The Balaban J connectivity index is 3.86. The van der Waals surface area contributed by atoms with Crippen molar-refractivity contribution in [2.24, 2.45) is 4.99 Å². The van der Waals surface area contributed by atoms with Crippen molar-refractivity contribution in [2.75, 3.05) is 0 Å². The third-order valence-electron chi connectivity index (χ3n) is 0.667. The molecule has 0 amide bonds. The van der Waals surface area contributed by atoms with Gasteiger partial charge in [-0.15, -0.1) is 5.92 Å². The first-order chi connectivity index (χ1) is 4.31. The predicted octanol–water partition coefficient (Wildman–Crippen LogP) is 1.78. The van der Waals surface area contributed by atoms with Crippen molar-refractivity contribution < 1.29 is 0 Å². The van der Waals surface area contributed by atoms with Gasteiger partial charge in [0.1, 0.15) is 0 Å². The van der Waals surface area contributed by atoms with Crippen molar-refractivity contribution in [1.29, 1.82) is 0 Å². The first-order valence-electron chi connectivity index (χ1n) is 2.55. The van der Waals surface area contributed by atoms with Gasteiger partial charge in [0.15, 0.2) is 0 Å². The van der Waals surface area contributed by atoms with E-state index in [1.807, 2.05) is 0 Å². The minimum atomic E-state index is 0.755. The van der Waals surface area contributed by atoms with E-state index >= 15 is 0 Å². The van der Waals surface area contributed by atoms with E-state index in [9.17, 15) is 0 Å². The third-order valence-corrected chi connectivity index (χ3v) is 0.667. The quantitative estimate of drug-likeness (QED) is 0.298. The van der Waals surface area contributed by atoms with E-state index in [2.05, 4.69) is 30.1 Å². The molecule has 0 bridgehead atoms. The molecular formula is C8H9N. The van der Waals surface area contributed by atoms with E-state index in [0.29, 0.717) is 0 Å². The Labute approximate surface area is 55.8 Å². The summed E-state index contributed by atoms with van der Waals surface area (Å²) < 4.78 is 0. The average molecular weight is 119 g/mol. The van der Waals surface area contributed by atoms with Crippen molar-refractivity contribution in [3.05, 3.63) is 24.4 Å². The van der Waals surface area contributed by atoms with Gasteiger partial charge in [0.05, 0.1) is 0 Å². The van der Waals surface area contributed by atoms with Crippen LogP contribution in [0, 0.1) is 11.8 Å². The van der Waals surface area contributed by atoms with Crippen molar-refractivity contribution in [3.8, 4) is 11.8 Å². The van der Waals surface area contributed by atoms with Crippen LogP contribution in [0.4, 0.5) is 0 Å². The molecule has 0 aromatic rings. The molecule has 0 N–H and O–H groups in total. The van der Waals surface area contributed by atoms with E-state index in [1.165, 1.54) is 0 Å². The predicted molar refractivity (Wildman–Crippen MR) is 41.3 cm³/mol. The molecule has 9 heavy (non-hydrogen) atoms. The molecule has 0 unspecified atom stereocenters. The summed E-state index contributed by atoms with van der Waals surface area (Å²) >= 11 is 0. The molecule has 0 aromatic heterocycles. The Morgan fingerprint density at radius 2 is 2.33 bits per heavy atom. The zero-order valence-corrected chi connectivity index (χ0v) is 5.52. The first-order valence-corrected chi connectivity index (χ1v) is 2.55. The minimum Gasteiger partial charge on any atom is -0.272 e. The lowest BCUT2D eigenvalue weighted by Gasteiger charge is -1.78. The van der Waals surface area contributed by atoms with Gasteiger partial charge < -0.3 is 0 Å². The van der Waals surface area contributed by atoms with E-state index in [1.54, 1.807) is 19.2 Å². The Morgan fingerprint density at radius 1 is 1.67 bits per heavy atom. The molecule has 0 heterocycles. The van der Waals surface area contributed by atoms with Crippen LogP contribution in [0.15, 0.2) is 29.4 Å². The fourth-order valence-electron chi connectivity index (χ4n) is 0.345. The highest BCUT2D eigenvalue weighted by Gasteiger charge is 1.73. The highest BCUT2D eigenvalue weighted by atomic mass is 14.6. The largest absolute Gasteiger partial charge is 0.272 e. The summed E-state index contributed by atoms with van der Waals surface area (Å²) in [5, 5.41) is 0. The third kappa shape index (κ3) is 4.57. The number of aliphatic imine (C=N–C) groups is 1. The highest BCUT2D eigenvalue weighted by molar-refractivity contribution is 5.36. The highest BCUT2D eigenvalue weighted by Crippen LogP contribution is 1.88. The molecule has 0 saturated heterocycles. The summed E-state index contributed by atoms with van der Waals surface area (Å²) in [6.45, 7) is 8.66. The standard InChI is InChI=1S/C8H9N/c1-4-5-8(2)6-7-9-3/h6-7H,2-3H2,1H3/b7-6-. The van der Waals surface area contributed by atoms with E-state index < -0.39 is 0 Å². The maximum Gasteiger partial charge on any atom is 0.0272 e. The van der Waals surface area contributed by atoms with Gasteiger partial charge in [-0.05, 0) is 19.7 Å². The van der Waals surface area contributed by atoms with Crippen LogP contribution in [0.1, 0.15) is 6.92 Å². The van der Waals surface area contributed by atoms with Crippen LogP contribution in [0.25, 0.3) is 0 Å². The minimum absolute atomic E-state index is 0.755. The lowest BCUT2D eigenvalue weighted by Crippen LogP contribution is -1.63. The summed E-state index contributed by atoms with van der Waals surface area (Å²) in [5.74, 6) is 5.47. The van der Waals surface area contributed by atoms with Crippen molar-refractivity contribution in [1.82, 2.24) is 0 Å². The maximum atomic E-state index is 3.63. The van der Waals surface area contributed by atoms with E-state index in [-0.39, 0.29) is 0 Å². The Morgan fingerprint density at radius 3 is 2.78 bits per heavy atom. The summed E-state index contributed by atoms with van der Waals surface area (Å²) in [7, 11) is 0. The van der Waals surface area contributed by atoms with E-state index in [4.69, 9.17) is 0 Å². The number of nitrogens with zero attached hydrogens (tertiary/aromatic N) is 1. The van der Waals surface area contributed by atoms with E-state index in [0.717, 1.165) is 5.57 Å². The van der Waals surface area contributed by atoms with Crippen LogP contribution in [-0.4, -0.2) is 6.72 Å². The van der Waals surface area contributed by atoms with Gasteiger partial charge in [-0.1, -0.05) is 12.5 Å². The summed E-state index contributed by atoms with van der Waals surface area (Å²) in [5.41, 5.74) is 0.755. The monoisotopic (exact) mass is 119 g/mol. The SMILES string of the molecule is C=N/C=C\C(=C)C#CC. The molecule has 0 aliphatic heterocycles. The Bertz CT molecular complexity index is 188.